The van der Waals surface area contributed by atoms with Crippen molar-refractivity contribution in [2.75, 3.05) is 7.11 Å². The first kappa shape index (κ1) is 18.5. The molecule has 1 aliphatic heterocycles. The van der Waals surface area contributed by atoms with Gasteiger partial charge in [0, 0.05) is 17.3 Å². The third-order valence-electron chi connectivity index (χ3n) is 4.27. The molecule has 4 rings (SSSR count). The molecule has 1 fully saturated rings. The monoisotopic (exact) mass is 407 g/mol. The van der Waals surface area contributed by atoms with Gasteiger partial charge in [0.2, 0.25) is 0 Å². The Kier molecular flexibility index (Phi) is 5.27. The number of benzene rings is 2. The highest BCUT2D eigenvalue weighted by molar-refractivity contribution is 8.26. The lowest BCUT2D eigenvalue weighted by atomic mass is 10.1. The quantitative estimate of drug-likeness (QED) is 0.510. The van der Waals surface area contributed by atoms with Gasteiger partial charge in [0.05, 0.1) is 18.6 Å². The molecule has 1 aromatic heterocycles. The lowest BCUT2D eigenvalue weighted by molar-refractivity contribution is -0.115. The molecule has 140 valence electrons. The van der Waals surface area contributed by atoms with E-state index in [2.05, 4.69) is 17.4 Å². The summed E-state index contributed by atoms with van der Waals surface area (Å²) >= 11 is 6.36. The molecule has 1 N–H and O–H groups in total. The molecule has 2 heterocycles. The Morgan fingerprint density at radius 3 is 2.64 bits per heavy atom. The SMILES string of the molecule is COc1ccccc1-c1nn(Cc2ccccc2)cc1/C=C1\SC(=S)NC1=O. The van der Waals surface area contributed by atoms with E-state index in [0.29, 0.717) is 15.8 Å². The number of carbonyl (C=O) groups excluding carboxylic acids is 1. The highest BCUT2D eigenvalue weighted by Crippen LogP contribution is 2.34. The molecule has 2 aromatic carbocycles. The number of methoxy groups -OCH3 is 1. The number of carbonyl (C=O) groups is 1. The number of thioether (sulfide) groups is 1. The van der Waals surface area contributed by atoms with Crippen LogP contribution in [0.25, 0.3) is 17.3 Å². The Labute approximate surface area is 172 Å². The van der Waals surface area contributed by atoms with Crippen LogP contribution in [-0.2, 0) is 11.3 Å². The van der Waals surface area contributed by atoms with Crippen molar-refractivity contribution in [3.63, 3.8) is 0 Å². The van der Waals surface area contributed by atoms with Crippen molar-refractivity contribution in [2.24, 2.45) is 0 Å². The molecule has 3 aromatic rings. The highest BCUT2D eigenvalue weighted by Gasteiger charge is 2.23. The number of ether oxygens (including phenoxy) is 1. The summed E-state index contributed by atoms with van der Waals surface area (Å²) in [6.07, 6.45) is 3.77. The van der Waals surface area contributed by atoms with Crippen LogP contribution in [0.1, 0.15) is 11.1 Å². The van der Waals surface area contributed by atoms with Crippen molar-refractivity contribution in [3.8, 4) is 17.0 Å². The van der Waals surface area contributed by atoms with Crippen LogP contribution in [0.3, 0.4) is 0 Å². The van der Waals surface area contributed by atoms with Crippen LogP contribution in [0, 0.1) is 0 Å². The van der Waals surface area contributed by atoms with Gasteiger partial charge in [-0.1, -0.05) is 66.4 Å². The van der Waals surface area contributed by atoms with E-state index < -0.39 is 0 Å². The number of nitrogens with one attached hydrogen (secondary N) is 1. The first-order valence-corrected chi connectivity index (χ1v) is 9.86. The van der Waals surface area contributed by atoms with Crippen LogP contribution in [0.15, 0.2) is 65.7 Å². The largest absolute Gasteiger partial charge is 0.496 e. The second kappa shape index (κ2) is 8.00. The van der Waals surface area contributed by atoms with Crippen LogP contribution in [-0.4, -0.2) is 27.1 Å². The average Bonchev–Trinajstić information content (AvgIpc) is 3.24. The van der Waals surface area contributed by atoms with Crippen LogP contribution in [0.4, 0.5) is 0 Å². The third-order valence-corrected chi connectivity index (χ3v) is 5.43. The molecule has 0 aliphatic carbocycles. The van der Waals surface area contributed by atoms with Gasteiger partial charge < -0.3 is 10.1 Å². The van der Waals surface area contributed by atoms with Gasteiger partial charge in [-0.25, -0.2) is 0 Å². The number of nitrogens with zero attached hydrogens (tertiary/aromatic N) is 2. The summed E-state index contributed by atoms with van der Waals surface area (Å²) in [5.74, 6) is 0.544. The van der Waals surface area contributed by atoms with Crippen LogP contribution < -0.4 is 10.1 Å². The zero-order chi connectivity index (χ0) is 19.5. The Bertz CT molecular complexity index is 1070. The number of amides is 1. The van der Waals surface area contributed by atoms with E-state index in [9.17, 15) is 4.79 Å². The van der Waals surface area contributed by atoms with Crippen molar-refractivity contribution >= 4 is 40.3 Å². The van der Waals surface area contributed by atoms with Gasteiger partial charge in [-0.2, -0.15) is 5.10 Å². The second-order valence-electron chi connectivity index (χ2n) is 6.17. The van der Waals surface area contributed by atoms with Crippen molar-refractivity contribution in [2.45, 2.75) is 6.54 Å². The molecular formula is C21H17N3O2S2. The van der Waals surface area contributed by atoms with E-state index >= 15 is 0 Å². The van der Waals surface area contributed by atoms with Crippen molar-refractivity contribution in [1.82, 2.24) is 15.1 Å². The molecule has 0 radical (unpaired) electrons. The number of para-hydroxylation sites is 1. The van der Waals surface area contributed by atoms with Crippen molar-refractivity contribution in [1.29, 1.82) is 0 Å². The van der Waals surface area contributed by atoms with E-state index in [-0.39, 0.29) is 5.91 Å². The number of hydrogen-bond donors (Lipinski definition) is 1. The summed E-state index contributed by atoms with van der Waals surface area (Å²) in [6, 6.07) is 17.8. The van der Waals surface area contributed by atoms with Crippen molar-refractivity contribution in [3.05, 3.63) is 76.8 Å². The minimum Gasteiger partial charge on any atom is -0.496 e. The first-order chi connectivity index (χ1) is 13.6. The molecule has 0 bridgehead atoms. The normalized spacial score (nSPS) is 15.1. The van der Waals surface area contributed by atoms with Gasteiger partial charge in [0.15, 0.2) is 0 Å². The minimum absolute atomic E-state index is 0.184. The lowest BCUT2D eigenvalue weighted by Gasteiger charge is -2.07. The van der Waals surface area contributed by atoms with Gasteiger partial charge in [-0.3, -0.25) is 9.48 Å². The Balaban J connectivity index is 1.80. The van der Waals surface area contributed by atoms with Crippen LogP contribution in [0.2, 0.25) is 0 Å². The summed E-state index contributed by atoms with van der Waals surface area (Å²) < 4.78 is 7.85. The smallest absolute Gasteiger partial charge is 0.263 e. The maximum absolute atomic E-state index is 12.1. The Morgan fingerprint density at radius 2 is 1.93 bits per heavy atom. The third kappa shape index (κ3) is 3.85. The average molecular weight is 408 g/mol. The Hall–Kier alpha value is -2.90. The molecule has 7 heteroatoms. The van der Waals surface area contributed by atoms with E-state index in [1.807, 2.05) is 59.4 Å². The van der Waals surface area contributed by atoms with E-state index in [1.165, 1.54) is 11.8 Å². The predicted molar refractivity (Wildman–Crippen MR) is 116 cm³/mol. The second-order valence-corrected chi connectivity index (χ2v) is 7.89. The number of thiocarbonyl (C=S) groups is 1. The maximum Gasteiger partial charge on any atom is 0.263 e. The molecule has 0 unspecified atom stereocenters. The van der Waals surface area contributed by atoms with Gasteiger partial charge in [-0.05, 0) is 23.8 Å². The van der Waals surface area contributed by atoms with Crippen LogP contribution in [0.5, 0.6) is 5.75 Å². The molecule has 0 saturated carbocycles. The van der Waals surface area contributed by atoms with Gasteiger partial charge in [0.1, 0.15) is 15.8 Å². The molecule has 1 amide bonds. The Morgan fingerprint density at radius 1 is 1.18 bits per heavy atom. The zero-order valence-electron chi connectivity index (χ0n) is 15.1. The summed E-state index contributed by atoms with van der Waals surface area (Å²) in [7, 11) is 1.64. The summed E-state index contributed by atoms with van der Waals surface area (Å²) in [5, 5.41) is 7.44. The predicted octanol–water partition coefficient (Wildman–Crippen LogP) is 4.10. The number of rotatable bonds is 5. The molecule has 28 heavy (non-hydrogen) atoms. The van der Waals surface area contributed by atoms with E-state index in [0.717, 1.165) is 28.1 Å². The van der Waals surface area contributed by atoms with Gasteiger partial charge >= 0.3 is 0 Å². The number of hydrogen-bond acceptors (Lipinski definition) is 5. The molecule has 1 saturated heterocycles. The van der Waals surface area contributed by atoms with Gasteiger partial charge in [0.25, 0.3) is 5.91 Å². The molecular weight excluding hydrogens is 390 g/mol. The summed E-state index contributed by atoms with van der Waals surface area (Å²) in [5.41, 5.74) is 3.61. The number of aromatic nitrogens is 2. The zero-order valence-corrected chi connectivity index (χ0v) is 16.7. The first-order valence-electron chi connectivity index (χ1n) is 8.63. The fourth-order valence-corrected chi connectivity index (χ4v) is 4.04. The lowest BCUT2D eigenvalue weighted by Crippen LogP contribution is -2.17. The summed E-state index contributed by atoms with van der Waals surface area (Å²) in [6.45, 7) is 0.629. The minimum atomic E-state index is -0.184. The standard InChI is InChI=1S/C21H17N3O2S2/c1-26-17-10-6-5-9-16(17)19-15(11-18-20(25)22-21(27)28-18)13-24(23-19)12-14-7-3-2-4-8-14/h2-11,13H,12H2,1H3,(H,22,25,27)/b18-11-. The summed E-state index contributed by atoms with van der Waals surface area (Å²) in [4.78, 5) is 12.7. The molecule has 0 atom stereocenters. The molecule has 0 spiro atoms. The fourth-order valence-electron chi connectivity index (χ4n) is 3.01. The molecule has 1 aliphatic rings. The van der Waals surface area contributed by atoms with E-state index in [1.54, 1.807) is 7.11 Å². The van der Waals surface area contributed by atoms with E-state index in [4.69, 9.17) is 22.1 Å². The fraction of sp³-hybridized carbons (Fsp3) is 0.0952. The topological polar surface area (TPSA) is 56.1 Å². The highest BCUT2D eigenvalue weighted by atomic mass is 32.2. The van der Waals surface area contributed by atoms with Crippen LogP contribution >= 0.6 is 24.0 Å². The maximum atomic E-state index is 12.1. The van der Waals surface area contributed by atoms with Crippen molar-refractivity contribution < 1.29 is 9.53 Å². The van der Waals surface area contributed by atoms with Gasteiger partial charge in [-0.15, -0.1) is 0 Å². The molecule has 5 nitrogen and oxygen atoms in total.